The molecule has 0 aliphatic rings. The number of nitrogens with zero attached hydrogens (tertiary/aromatic N) is 2. The molecule has 2 N–H and O–H groups in total. The third kappa shape index (κ3) is 1.31. The van der Waals surface area contributed by atoms with E-state index in [4.69, 9.17) is 0 Å². The number of aromatic amines is 1. The summed E-state index contributed by atoms with van der Waals surface area (Å²) in [6, 6.07) is 6.67. The van der Waals surface area contributed by atoms with Crippen molar-refractivity contribution >= 4 is 0 Å². The summed E-state index contributed by atoms with van der Waals surface area (Å²) in [5, 5.41) is 11.8. The number of nitrogens with one attached hydrogen (secondary N) is 1. The lowest BCUT2D eigenvalue weighted by molar-refractivity contribution is 0.470. The van der Waals surface area contributed by atoms with Crippen LogP contribution in [0, 0.1) is 0 Å². The van der Waals surface area contributed by atoms with E-state index in [1.165, 1.54) is 17.1 Å². The van der Waals surface area contributed by atoms with Gasteiger partial charge in [0, 0.05) is 0 Å². The largest absolute Gasteiger partial charge is 0.506 e. The Hall–Kier alpha value is -2.04. The number of para-hydroxylation sites is 2. The third-order valence-electron chi connectivity index (χ3n) is 1.65. The van der Waals surface area contributed by atoms with Gasteiger partial charge in [-0.1, -0.05) is 12.1 Å². The van der Waals surface area contributed by atoms with Gasteiger partial charge in [0.1, 0.15) is 17.8 Å². The fourth-order valence-electron chi connectivity index (χ4n) is 1.06. The predicted molar refractivity (Wildman–Crippen MR) is 45.8 cm³/mol. The molecule has 5 nitrogen and oxygen atoms in total. The summed E-state index contributed by atoms with van der Waals surface area (Å²) < 4.78 is 1.36. The SMILES string of the molecule is O=c1ncn(-c2ccccc2O)[nH]1. The maximum atomic E-state index is 10.7. The van der Waals surface area contributed by atoms with Gasteiger partial charge in [0.15, 0.2) is 0 Å². The van der Waals surface area contributed by atoms with Crippen LogP contribution in [0.1, 0.15) is 0 Å². The van der Waals surface area contributed by atoms with Crippen LogP contribution in [0.2, 0.25) is 0 Å². The van der Waals surface area contributed by atoms with Gasteiger partial charge in [0.2, 0.25) is 0 Å². The Morgan fingerprint density at radius 3 is 2.77 bits per heavy atom. The summed E-state index contributed by atoms with van der Waals surface area (Å²) in [6.45, 7) is 0. The van der Waals surface area contributed by atoms with E-state index in [2.05, 4.69) is 10.1 Å². The minimum Gasteiger partial charge on any atom is -0.506 e. The summed E-state index contributed by atoms with van der Waals surface area (Å²) in [7, 11) is 0. The maximum absolute atomic E-state index is 10.7. The maximum Gasteiger partial charge on any atom is 0.361 e. The van der Waals surface area contributed by atoms with Crippen LogP contribution >= 0.6 is 0 Å². The molecule has 1 aromatic heterocycles. The van der Waals surface area contributed by atoms with Crippen LogP contribution in [0.4, 0.5) is 0 Å². The minimum atomic E-state index is -0.441. The Morgan fingerprint density at radius 2 is 2.15 bits per heavy atom. The van der Waals surface area contributed by atoms with Crippen molar-refractivity contribution in [1.29, 1.82) is 0 Å². The van der Waals surface area contributed by atoms with Crippen LogP contribution in [0.3, 0.4) is 0 Å². The lowest BCUT2D eigenvalue weighted by Gasteiger charge is -2.02. The average molecular weight is 177 g/mol. The van der Waals surface area contributed by atoms with E-state index in [1.54, 1.807) is 18.2 Å². The molecule has 0 aliphatic heterocycles. The van der Waals surface area contributed by atoms with Crippen molar-refractivity contribution < 1.29 is 5.11 Å². The minimum absolute atomic E-state index is 0.0937. The summed E-state index contributed by atoms with van der Waals surface area (Å²) in [4.78, 5) is 14.2. The lowest BCUT2D eigenvalue weighted by Crippen LogP contribution is -2.04. The molecule has 1 heterocycles. The molecule has 5 heteroatoms. The second-order valence-corrected chi connectivity index (χ2v) is 2.52. The number of hydrogen-bond donors (Lipinski definition) is 2. The quantitative estimate of drug-likeness (QED) is 0.656. The van der Waals surface area contributed by atoms with E-state index in [1.807, 2.05) is 0 Å². The molecule has 0 amide bonds. The highest BCUT2D eigenvalue weighted by atomic mass is 16.3. The van der Waals surface area contributed by atoms with Crippen molar-refractivity contribution in [2.75, 3.05) is 0 Å². The molecule has 0 spiro atoms. The number of aromatic hydroxyl groups is 1. The lowest BCUT2D eigenvalue weighted by atomic mass is 10.3. The number of aromatic nitrogens is 3. The summed E-state index contributed by atoms with van der Waals surface area (Å²) in [6.07, 6.45) is 1.32. The molecule has 0 saturated carbocycles. The van der Waals surface area contributed by atoms with Crippen molar-refractivity contribution in [2.24, 2.45) is 0 Å². The second kappa shape index (κ2) is 2.78. The molecule has 1 aromatic carbocycles. The molecule has 0 saturated heterocycles. The van der Waals surface area contributed by atoms with Crippen LogP contribution in [-0.4, -0.2) is 19.9 Å². The Bertz CT molecular complexity index is 472. The fraction of sp³-hybridized carbons (Fsp3) is 0. The number of phenols is 1. The first-order chi connectivity index (χ1) is 6.27. The highest BCUT2D eigenvalue weighted by Crippen LogP contribution is 2.18. The monoisotopic (exact) mass is 177 g/mol. The van der Waals surface area contributed by atoms with Gasteiger partial charge in [-0.2, -0.15) is 4.98 Å². The molecule has 0 fully saturated rings. The van der Waals surface area contributed by atoms with Crippen molar-refractivity contribution in [3.63, 3.8) is 0 Å². The van der Waals surface area contributed by atoms with E-state index in [-0.39, 0.29) is 5.75 Å². The van der Waals surface area contributed by atoms with Crippen LogP contribution in [0.25, 0.3) is 5.69 Å². The highest BCUT2D eigenvalue weighted by Gasteiger charge is 2.01. The normalized spacial score (nSPS) is 10.2. The molecule has 0 aliphatic carbocycles. The van der Waals surface area contributed by atoms with Crippen LogP contribution in [0.15, 0.2) is 35.4 Å². The smallest absolute Gasteiger partial charge is 0.361 e. The molecule has 0 radical (unpaired) electrons. The molecule has 13 heavy (non-hydrogen) atoms. The van der Waals surface area contributed by atoms with E-state index >= 15 is 0 Å². The van der Waals surface area contributed by atoms with Gasteiger partial charge in [-0.05, 0) is 12.1 Å². The van der Waals surface area contributed by atoms with Gasteiger partial charge in [-0.15, -0.1) is 0 Å². The summed E-state index contributed by atoms with van der Waals surface area (Å²) >= 11 is 0. The van der Waals surface area contributed by atoms with Crippen molar-refractivity contribution in [2.45, 2.75) is 0 Å². The topological polar surface area (TPSA) is 70.9 Å². The molecule has 0 bridgehead atoms. The van der Waals surface area contributed by atoms with Gasteiger partial charge >= 0.3 is 5.69 Å². The Kier molecular flexibility index (Phi) is 1.63. The number of phenolic OH excluding ortho intramolecular Hbond substituents is 1. The highest BCUT2D eigenvalue weighted by molar-refractivity contribution is 5.44. The van der Waals surface area contributed by atoms with Crippen molar-refractivity contribution in [3.8, 4) is 11.4 Å². The number of rotatable bonds is 1. The van der Waals surface area contributed by atoms with Gasteiger partial charge in [0.25, 0.3) is 0 Å². The first-order valence-corrected chi connectivity index (χ1v) is 3.69. The van der Waals surface area contributed by atoms with Crippen molar-refractivity contribution in [3.05, 3.63) is 41.1 Å². The Balaban J connectivity index is 2.58. The third-order valence-corrected chi connectivity index (χ3v) is 1.65. The molecular weight excluding hydrogens is 170 g/mol. The first kappa shape index (κ1) is 7.60. The Labute approximate surface area is 73.3 Å². The second-order valence-electron chi connectivity index (χ2n) is 2.52. The fourth-order valence-corrected chi connectivity index (χ4v) is 1.06. The number of hydrogen-bond acceptors (Lipinski definition) is 3. The zero-order valence-electron chi connectivity index (χ0n) is 6.64. The van der Waals surface area contributed by atoms with Gasteiger partial charge in [0.05, 0.1) is 0 Å². The van der Waals surface area contributed by atoms with E-state index in [0.717, 1.165) is 0 Å². The van der Waals surface area contributed by atoms with Crippen LogP contribution < -0.4 is 5.69 Å². The van der Waals surface area contributed by atoms with Gasteiger partial charge < -0.3 is 5.11 Å². The van der Waals surface area contributed by atoms with Crippen molar-refractivity contribution in [1.82, 2.24) is 14.8 Å². The van der Waals surface area contributed by atoms with Gasteiger partial charge in [-0.3, -0.25) is 0 Å². The first-order valence-electron chi connectivity index (χ1n) is 3.69. The molecule has 66 valence electrons. The summed E-state index contributed by atoms with van der Waals surface area (Å²) in [5.74, 6) is 0.0937. The van der Waals surface area contributed by atoms with E-state index < -0.39 is 5.69 Å². The standard InChI is InChI=1S/C8H7N3O2/c12-7-4-2-1-3-6(7)11-5-9-8(13)10-11/h1-5,12H,(H,10,13). The van der Waals surface area contributed by atoms with Crippen LogP contribution in [-0.2, 0) is 0 Å². The number of H-pyrrole nitrogens is 1. The zero-order chi connectivity index (χ0) is 9.26. The Morgan fingerprint density at radius 1 is 1.38 bits per heavy atom. The predicted octanol–water partition coefficient (Wildman–Crippen LogP) is 0.266. The van der Waals surface area contributed by atoms with Gasteiger partial charge in [-0.25, -0.2) is 14.6 Å². The number of benzene rings is 1. The van der Waals surface area contributed by atoms with E-state index in [9.17, 15) is 9.90 Å². The average Bonchev–Trinajstić information content (AvgIpc) is 2.53. The molecule has 2 aromatic rings. The van der Waals surface area contributed by atoms with E-state index in [0.29, 0.717) is 5.69 Å². The molecule has 2 rings (SSSR count). The molecular formula is C8H7N3O2. The molecule has 0 unspecified atom stereocenters. The van der Waals surface area contributed by atoms with Crippen LogP contribution in [0.5, 0.6) is 5.75 Å². The molecule has 0 atom stereocenters. The zero-order valence-corrected chi connectivity index (χ0v) is 6.64. The summed E-state index contributed by atoms with van der Waals surface area (Å²) in [5.41, 5.74) is 0.0559.